The molecule has 0 aromatic heterocycles. The lowest BCUT2D eigenvalue weighted by Crippen LogP contribution is -2.30. The summed E-state index contributed by atoms with van der Waals surface area (Å²) in [6.07, 6.45) is 2.57. The monoisotopic (exact) mass is 268 g/mol. The van der Waals surface area contributed by atoms with E-state index in [1.54, 1.807) is 7.11 Å². The van der Waals surface area contributed by atoms with Gasteiger partial charge < -0.3 is 15.0 Å². The second-order valence-electron chi connectivity index (χ2n) is 4.72. The summed E-state index contributed by atoms with van der Waals surface area (Å²) in [6, 6.07) is 6.83. The van der Waals surface area contributed by atoms with Gasteiger partial charge in [-0.25, -0.2) is 0 Å². The highest BCUT2D eigenvalue weighted by molar-refractivity contribution is 6.30. The molecule has 0 unspecified atom stereocenters. The first-order chi connectivity index (χ1) is 8.76. The second-order valence-corrected chi connectivity index (χ2v) is 5.16. The molecule has 1 aromatic rings. The molecule has 0 heterocycles. The van der Waals surface area contributed by atoms with Gasteiger partial charge in [-0.3, -0.25) is 0 Å². The minimum absolute atomic E-state index is 0.678. The van der Waals surface area contributed by atoms with Crippen molar-refractivity contribution < 1.29 is 4.74 Å². The molecule has 1 N–H and O–H groups in total. The van der Waals surface area contributed by atoms with Gasteiger partial charge in [-0.1, -0.05) is 11.6 Å². The molecule has 0 amide bonds. The number of ether oxygens (including phenoxy) is 1. The van der Waals surface area contributed by atoms with E-state index in [4.69, 9.17) is 16.3 Å². The van der Waals surface area contributed by atoms with Crippen LogP contribution in [0.1, 0.15) is 18.4 Å². The van der Waals surface area contributed by atoms with Crippen molar-refractivity contribution >= 4 is 17.3 Å². The van der Waals surface area contributed by atoms with Crippen molar-refractivity contribution in [2.75, 3.05) is 32.2 Å². The molecule has 0 aliphatic heterocycles. The van der Waals surface area contributed by atoms with Crippen molar-refractivity contribution in [1.82, 2.24) is 5.32 Å². The third kappa shape index (κ3) is 3.37. The maximum atomic E-state index is 6.09. The highest BCUT2D eigenvalue weighted by atomic mass is 35.5. The summed E-state index contributed by atoms with van der Waals surface area (Å²) in [5.41, 5.74) is 2.54. The number of nitrogens with zero attached hydrogens (tertiary/aromatic N) is 1. The molecule has 1 aliphatic rings. The van der Waals surface area contributed by atoms with E-state index in [-0.39, 0.29) is 0 Å². The largest absolute Gasteiger partial charge is 0.383 e. The molecule has 0 atom stereocenters. The molecule has 1 fully saturated rings. The van der Waals surface area contributed by atoms with E-state index in [1.165, 1.54) is 24.1 Å². The molecule has 2 rings (SSSR count). The fraction of sp³-hybridized carbons (Fsp3) is 0.571. The molecule has 0 radical (unpaired) electrons. The average Bonchev–Trinajstić information content (AvgIpc) is 3.17. The summed E-state index contributed by atoms with van der Waals surface area (Å²) in [7, 11) is 3.71. The predicted octanol–water partition coefficient (Wildman–Crippen LogP) is 2.67. The second kappa shape index (κ2) is 6.41. The molecule has 0 saturated heterocycles. The minimum Gasteiger partial charge on any atom is -0.383 e. The van der Waals surface area contributed by atoms with Crippen molar-refractivity contribution in [2.24, 2.45) is 0 Å². The molecule has 100 valence electrons. The van der Waals surface area contributed by atoms with Crippen LogP contribution < -0.4 is 10.2 Å². The molecular weight excluding hydrogens is 248 g/mol. The zero-order valence-electron chi connectivity index (χ0n) is 11.1. The Kier molecular flexibility index (Phi) is 4.87. The van der Waals surface area contributed by atoms with Crippen molar-refractivity contribution in [3.8, 4) is 0 Å². The zero-order chi connectivity index (χ0) is 13.0. The fourth-order valence-electron chi connectivity index (χ4n) is 2.24. The lowest BCUT2D eigenvalue weighted by Gasteiger charge is -2.27. The Morgan fingerprint density at radius 1 is 1.44 bits per heavy atom. The van der Waals surface area contributed by atoms with Gasteiger partial charge in [0.15, 0.2) is 0 Å². The Bertz CT molecular complexity index is 393. The topological polar surface area (TPSA) is 24.5 Å². The van der Waals surface area contributed by atoms with Crippen LogP contribution in [0.4, 0.5) is 5.69 Å². The van der Waals surface area contributed by atoms with E-state index in [0.717, 1.165) is 24.7 Å². The number of rotatable bonds is 7. The van der Waals surface area contributed by atoms with Crippen LogP contribution in [0, 0.1) is 0 Å². The van der Waals surface area contributed by atoms with Crippen LogP contribution in [0.25, 0.3) is 0 Å². The number of nitrogens with one attached hydrogen (secondary N) is 1. The van der Waals surface area contributed by atoms with E-state index in [1.807, 2.05) is 13.1 Å². The molecular formula is C14H21ClN2O. The number of methoxy groups -OCH3 is 1. The van der Waals surface area contributed by atoms with E-state index >= 15 is 0 Å². The fourth-order valence-corrected chi connectivity index (χ4v) is 2.44. The van der Waals surface area contributed by atoms with Gasteiger partial charge in [0, 0.05) is 37.0 Å². The standard InChI is InChI=1S/C14H21ClN2O/c1-16-10-11-9-12(15)3-6-14(11)17(7-8-18-2)13-4-5-13/h3,6,9,13,16H,4-5,7-8,10H2,1-2H3. The van der Waals surface area contributed by atoms with Crippen molar-refractivity contribution in [3.05, 3.63) is 28.8 Å². The van der Waals surface area contributed by atoms with E-state index < -0.39 is 0 Å². The lowest BCUT2D eigenvalue weighted by atomic mass is 10.1. The smallest absolute Gasteiger partial charge is 0.0637 e. The van der Waals surface area contributed by atoms with Crippen molar-refractivity contribution in [1.29, 1.82) is 0 Å². The van der Waals surface area contributed by atoms with Gasteiger partial charge in [-0.15, -0.1) is 0 Å². The predicted molar refractivity (Wildman–Crippen MR) is 76.5 cm³/mol. The summed E-state index contributed by atoms with van der Waals surface area (Å²) in [4.78, 5) is 2.45. The number of hydrogen-bond donors (Lipinski definition) is 1. The van der Waals surface area contributed by atoms with Gasteiger partial charge in [0.1, 0.15) is 0 Å². The van der Waals surface area contributed by atoms with Crippen LogP contribution in [0.3, 0.4) is 0 Å². The molecule has 18 heavy (non-hydrogen) atoms. The van der Waals surface area contributed by atoms with Crippen molar-refractivity contribution in [3.63, 3.8) is 0 Å². The SMILES string of the molecule is CNCc1cc(Cl)ccc1N(CCOC)C1CC1. The van der Waals surface area contributed by atoms with Gasteiger partial charge in [0.2, 0.25) is 0 Å². The van der Waals surface area contributed by atoms with Crippen LogP contribution >= 0.6 is 11.6 Å². The van der Waals surface area contributed by atoms with Gasteiger partial charge >= 0.3 is 0 Å². The summed E-state index contributed by atoms with van der Waals surface area (Å²) < 4.78 is 5.21. The van der Waals surface area contributed by atoms with Crippen LogP contribution in [0.2, 0.25) is 5.02 Å². The van der Waals surface area contributed by atoms with E-state index in [2.05, 4.69) is 22.3 Å². The number of halogens is 1. The maximum absolute atomic E-state index is 6.09. The zero-order valence-corrected chi connectivity index (χ0v) is 11.8. The molecule has 1 saturated carbocycles. The van der Waals surface area contributed by atoms with Crippen molar-refractivity contribution in [2.45, 2.75) is 25.4 Å². The minimum atomic E-state index is 0.678. The molecule has 3 nitrogen and oxygen atoms in total. The summed E-state index contributed by atoms with van der Waals surface area (Å²) in [6.45, 7) is 2.55. The molecule has 0 spiro atoms. The number of anilines is 1. The summed E-state index contributed by atoms with van der Waals surface area (Å²) in [5, 5.41) is 4.00. The Hall–Kier alpha value is -0.770. The normalized spacial score (nSPS) is 14.8. The first-order valence-electron chi connectivity index (χ1n) is 6.45. The van der Waals surface area contributed by atoms with Gasteiger partial charge in [-0.05, 0) is 43.7 Å². The highest BCUT2D eigenvalue weighted by Gasteiger charge is 2.30. The van der Waals surface area contributed by atoms with Crippen LogP contribution in [0.5, 0.6) is 0 Å². The highest BCUT2D eigenvalue weighted by Crippen LogP contribution is 2.34. The summed E-state index contributed by atoms with van der Waals surface area (Å²) >= 11 is 6.09. The van der Waals surface area contributed by atoms with Gasteiger partial charge in [0.05, 0.1) is 6.61 Å². The molecule has 1 aliphatic carbocycles. The Morgan fingerprint density at radius 3 is 2.83 bits per heavy atom. The van der Waals surface area contributed by atoms with Gasteiger partial charge in [-0.2, -0.15) is 0 Å². The third-order valence-electron chi connectivity index (χ3n) is 3.24. The number of hydrogen-bond acceptors (Lipinski definition) is 3. The molecule has 1 aromatic carbocycles. The maximum Gasteiger partial charge on any atom is 0.0637 e. The Labute approximate surface area is 114 Å². The van der Waals surface area contributed by atoms with Gasteiger partial charge in [0.25, 0.3) is 0 Å². The lowest BCUT2D eigenvalue weighted by molar-refractivity contribution is 0.205. The Morgan fingerprint density at radius 2 is 2.22 bits per heavy atom. The summed E-state index contributed by atoms with van der Waals surface area (Å²) in [5.74, 6) is 0. The molecule has 4 heteroatoms. The Balaban J connectivity index is 2.21. The van der Waals surface area contributed by atoms with Crippen LogP contribution in [-0.2, 0) is 11.3 Å². The first-order valence-corrected chi connectivity index (χ1v) is 6.82. The first kappa shape index (κ1) is 13.7. The average molecular weight is 269 g/mol. The van der Waals surface area contributed by atoms with Crippen LogP contribution in [0.15, 0.2) is 18.2 Å². The van der Waals surface area contributed by atoms with Crippen LogP contribution in [-0.4, -0.2) is 33.4 Å². The van der Waals surface area contributed by atoms with E-state index in [0.29, 0.717) is 6.04 Å². The third-order valence-corrected chi connectivity index (χ3v) is 3.48. The molecule has 0 bridgehead atoms. The number of benzene rings is 1. The van der Waals surface area contributed by atoms with E-state index in [9.17, 15) is 0 Å². The quantitative estimate of drug-likeness (QED) is 0.823.